The van der Waals surface area contributed by atoms with Crippen LogP contribution in [0.25, 0.3) is 10.2 Å². The largest absolute Gasteiger partial charge is 0.457 e. The monoisotopic (exact) mass is 346 g/mol. The van der Waals surface area contributed by atoms with E-state index < -0.39 is 5.97 Å². The number of fused-ring (bicyclic) bond motifs is 1. The molecule has 0 saturated heterocycles. The van der Waals surface area contributed by atoms with Crippen molar-refractivity contribution in [2.24, 2.45) is 0 Å². The quantitative estimate of drug-likeness (QED) is 0.721. The number of para-hydroxylation sites is 1. The first kappa shape index (κ1) is 15.6. The van der Waals surface area contributed by atoms with E-state index in [1.54, 1.807) is 6.07 Å². The molecule has 1 aromatic carbocycles. The van der Waals surface area contributed by atoms with Crippen molar-refractivity contribution < 1.29 is 14.3 Å². The molecular formula is C16H14N2O3S2. The van der Waals surface area contributed by atoms with Crippen molar-refractivity contribution in [3.63, 3.8) is 0 Å². The highest BCUT2D eigenvalue weighted by molar-refractivity contribution is 7.18. The van der Waals surface area contributed by atoms with Gasteiger partial charge in [0.25, 0.3) is 5.91 Å². The first-order valence-electron chi connectivity index (χ1n) is 6.96. The van der Waals surface area contributed by atoms with Crippen LogP contribution >= 0.6 is 22.7 Å². The van der Waals surface area contributed by atoms with Gasteiger partial charge in [0.2, 0.25) is 0 Å². The van der Waals surface area contributed by atoms with Crippen molar-refractivity contribution in [3.05, 3.63) is 51.2 Å². The number of carbonyl (C=O) groups is 2. The Morgan fingerprint density at radius 3 is 2.74 bits per heavy atom. The molecule has 7 heteroatoms. The van der Waals surface area contributed by atoms with Crippen LogP contribution in [0.4, 0.5) is 0 Å². The molecule has 0 aliphatic rings. The minimum atomic E-state index is -0.481. The van der Waals surface area contributed by atoms with E-state index in [2.05, 4.69) is 10.3 Å². The van der Waals surface area contributed by atoms with Crippen LogP contribution in [-0.4, -0.2) is 23.4 Å². The maximum atomic E-state index is 11.8. The zero-order valence-electron chi connectivity index (χ0n) is 12.4. The number of aryl methyl sites for hydroxylation is 1. The topological polar surface area (TPSA) is 68.3 Å². The van der Waals surface area contributed by atoms with Gasteiger partial charge < -0.3 is 10.1 Å². The fraction of sp³-hybridized carbons (Fsp3) is 0.188. The first-order chi connectivity index (χ1) is 11.1. The number of hydrogen-bond donors (Lipinski definition) is 1. The fourth-order valence-corrected chi connectivity index (χ4v) is 3.64. The molecule has 1 amide bonds. The number of nitrogens with one attached hydrogen (secondary N) is 1. The summed E-state index contributed by atoms with van der Waals surface area (Å²) in [5, 5.41) is 3.29. The summed E-state index contributed by atoms with van der Waals surface area (Å²) in [6.45, 7) is 1.89. The number of thiophene rings is 1. The molecule has 1 N–H and O–H groups in total. The molecule has 0 saturated carbocycles. The number of amides is 1. The molecule has 0 aliphatic carbocycles. The summed E-state index contributed by atoms with van der Waals surface area (Å²) in [7, 11) is 0. The highest BCUT2D eigenvalue weighted by atomic mass is 32.1. The maximum Gasteiger partial charge on any atom is 0.325 e. The van der Waals surface area contributed by atoms with Gasteiger partial charge in [-0.15, -0.1) is 22.7 Å². The van der Waals surface area contributed by atoms with Crippen molar-refractivity contribution in [2.75, 3.05) is 6.54 Å². The standard InChI is InChI=1S/C16H14N2O3S2/c1-10-6-7-13(22-10)16(20)17-8-15(19)21-9-14-18-11-4-2-3-5-12(11)23-14/h2-7H,8-9H2,1H3,(H,17,20). The molecule has 2 heterocycles. The number of nitrogens with zero attached hydrogens (tertiary/aromatic N) is 1. The third-order valence-electron chi connectivity index (χ3n) is 3.05. The second-order valence-electron chi connectivity index (χ2n) is 4.83. The van der Waals surface area contributed by atoms with Crippen LogP contribution in [0.3, 0.4) is 0 Å². The molecule has 2 aromatic heterocycles. The van der Waals surface area contributed by atoms with E-state index in [1.165, 1.54) is 22.7 Å². The third-order valence-corrected chi connectivity index (χ3v) is 5.06. The van der Waals surface area contributed by atoms with Crippen LogP contribution in [0.15, 0.2) is 36.4 Å². The van der Waals surface area contributed by atoms with E-state index in [4.69, 9.17) is 4.74 Å². The fourth-order valence-electron chi connectivity index (χ4n) is 1.97. The lowest BCUT2D eigenvalue weighted by Gasteiger charge is -2.04. The van der Waals surface area contributed by atoms with Crippen molar-refractivity contribution in [2.45, 2.75) is 13.5 Å². The average Bonchev–Trinajstić information content (AvgIpc) is 3.16. The maximum absolute atomic E-state index is 11.8. The van der Waals surface area contributed by atoms with Crippen LogP contribution < -0.4 is 5.32 Å². The van der Waals surface area contributed by atoms with E-state index in [1.807, 2.05) is 37.3 Å². The van der Waals surface area contributed by atoms with Gasteiger partial charge >= 0.3 is 5.97 Å². The zero-order valence-corrected chi connectivity index (χ0v) is 14.0. The molecule has 118 valence electrons. The van der Waals surface area contributed by atoms with Crippen molar-refractivity contribution in [3.8, 4) is 0 Å². The number of thiazole rings is 1. The van der Waals surface area contributed by atoms with Gasteiger partial charge in [0.1, 0.15) is 18.2 Å². The molecule has 5 nitrogen and oxygen atoms in total. The first-order valence-corrected chi connectivity index (χ1v) is 8.60. The van der Waals surface area contributed by atoms with Gasteiger partial charge in [-0.1, -0.05) is 12.1 Å². The zero-order chi connectivity index (χ0) is 16.2. The SMILES string of the molecule is Cc1ccc(C(=O)NCC(=O)OCc2nc3ccccc3s2)s1. The average molecular weight is 346 g/mol. The molecular weight excluding hydrogens is 332 g/mol. The summed E-state index contributed by atoms with van der Waals surface area (Å²) in [6.07, 6.45) is 0. The summed E-state index contributed by atoms with van der Waals surface area (Å²) in [6, 6.07) is 11.4. The number of esters is 1. The van der Waals surface area contributed by atoms with E-state index in [9.17, 15) is 9.59 Å². The van der Waals surface area contributed by atoms with Crippen LogP contribution in [0.2, 0.25) is 0 Å². The summed E-state index contributed by atoms with van der Waals surface area (Å²) in [5.41, 5.74) is 0.893. The molecule has 0 bridgehead atoms. The molecule has 0 unspecified atom stereocenters. The van der Waals surface area contributed by atoms with E-state index in [0.29, 0.717) is 4.88 Å². The molecule has 3 rings (SSSR count). The number of hydrogen-bond acceptors (Lipinski definition) is 6. The molecule has 23 heavy (non-hydrogen) atoms. The van der Waals surface area contributed by atoms with Crippen LogP contribution in [0.1, 0.15) is 19.6 Å². The minimum Gasteiger partial charge on any atom is -0.457 e. The highest BCUT2D eigenvalue weighted by Crippen LogP contribution is 2.21. The highest BCUT2D eigenvalue weighted by Gasteiger charge is 2.11. The van der Waals surface area contributed by atoms with Crippen LogP contribution in [-0.2, 0) is 16.1 Å². The summed E-state index contributed by atoms with van der Waals surface area (Å²) in [4.78, 5) is 29.6. The van der Waals surface area contributed by atoms with E-state index in [0.717, 1.165) is 20.1 Å². The van der Waals surface area contributed by atoms with Gasteiger partial charge in [0.15, 0.2) is 0 Å². The smallest absolute Gasteiger partial charge is 0.325 e. The number of aromatic nitrogens is 1. The molecule has 0 fully saturated rings. The Morgan fingerprint density at radius 2 is 2.00 bits per heavy atom. The van der Waals surface area contributed by atoms with Gasteiger partial charge in [-0.05, 0) is 31.2 Å². The minimum absolute atomic E-state index is 0.117. The van der Waals surface area contributed by atoms with Gasteiger partial charge in [-0.3, -0.25) is 9.59 Å². The normalized spacial score (nSPS) is 10.7. The van der Waals surface area contributed by atoms with Crippen LogP contribution in [0, 0.1) is 6.92 Å². The Balaban J connectivity index is 1.48. The molecule has 0 atom stereocenters. The lowest BCUT2D eigenvalue weighted by molar-refractivity contribution is -0.143. The number of rotatable bonds is 5. The van der Waals surface area contributed by atoms with E-state index >= 15 is 0 Å². The lowest BCUT2D eigenvalue weighted by atomic mass is 10.3. The van der Waals surface area contributed by atoms with Gasteiger partial charge in [0, 0.05) is 4.88 Å². The predicted molar refractivity (Wildman–Crippen MR) is 90.8 cm³/mol. The van der Waals surface area contributed by atoms with Gasteiger partial charge in [-0.25, -0.2) is 4.98 Å². The Bertz CT molecular complexity index is 821. The third kappa shape index (κ3) is 3.94. The van der Waals surface area contributed by atoms with Gasteiger partial charge in [0.05, 0.1) is 15.1 Å². The molecule has 3 aromatic rings. The Hall–Kier alpha value is -2.25. The van der Waals surface area contributed by atoms with Crippen LogP contribution in [0.5, 0.6) is 0 Å². The number of ether oxygens (including phenoxy) is 1. The predicted octanol–water partition coefficient (Wildman–Crippen LogP) is 3.14. The summed E-state index contributed by atoms with van der Waals surface area (Å²) < 4.78 is 6.20. The van der Waals surface area contributed by atoms with E-state index in [-0.39, 0.29) is 19.1 Å². The Morgan fingerprint density at radius 1 is 1.17 bits per heavy atom. The lowest BCUT2D eigenvalue weighted by Crippen LogP contribution is -2.30. The van der Waals surface area contributed by atoms with Gasteiger partial charge in [-0.2, -0.15) is 0 Å². The Kier molecular flexibility index (Phi) is 4.68. The molecule has 0 radical (unpaired) electrons. The van der Waals surface area contributed by atoms with Crippen molar-refractivity contribution >= 4 is 44.8 Å². The Labute approximate surface area is 140 Å². The second-order valence-corrected chi connectivity index (χ2v) is 7.23. The molecule has 0 aliphatic heterocycles. The number of carbonyl (C=O) groups excluding carboxylic acids is 2. The molecule has 0 spiro atoms. The van der Waals surface area contributed by atoms with Crippen molar-refractivity contribution in [1.29, 1.82) is 0 Å². The summed E-state index contributed by atoms with van der Waals surface area (Å²) in [5.74, 6) is -0.745. The van der Waals surface area contributed by atoms with Crippen molar-refractivity contribution in [1.82, 2.24) is 10.3 Å². The second kappa shape index (κ2) is 6.89. The summed E-state index contributed by atoms with van der Waals surface area (Å²) >= 11 is 2.88. The number of benzene rings is 1.